The zero-order valence-corrected chi connectivity index (χ0v) is 13.1. The Hall–Kier alpha value is -2.70. The Labute approximate surface area is 139 Å². The Morgan fingerprint density at radius 2 is 2.08 bits per heavy atom. The monoisotopic (exact) mass is 326 g/mol. The van der Waals surface area contributed by atoms with Crippen molar-refractivity contribution in [3.63, 3.8) is 0 Å². The van der Waals surface area contributed by atoms with E-state index in [9.17, 15) is 9.59 Å². The van der Waals surface area contributed by atoms with Crippen LogP contribution in [0.25, 0.3) is 10.9 Å². The highest BCUT2D eigenvalue weighted by molar-refractivity contribution is 5.85. The van der Waals surface area contributed by atoms with Crippen LogP contribution in [-0.2, 0) is 9.59 Å². The summed E-state index contributed by atoms with van der Waals surface area (Å²) in [6, 6.07) is 7.57. The van der Waals surface area contributed by atoms with E-state index in [4.69, 9.17) is 4.74 Å². The second-order valence-corrected chi connectivity index (χ2v) is 6.18. The zero-order chi connectivity index (χ0) is 16.5. The van der Waals surface area contributed by atoms with E-state index in [0.717, 1.165) is 23.7 Å². The molecule has 124 valence electrons. The van der Waals surface area contributed by atoms with Gasteiger partial charge in [0.05, 0.1) is 10.9 Å². The number of hydrogen-bond donors (Lipinski definition) is 1. The number of aromatic nitrogens is 2. The number of carbonyl (C=O) groups is 2. The minimum absolute atomic E-state index is 0.0164. The highest BCUT2D eigenvalue weighted by atomic mass is 16.5. The van der Waals surface area contributed by atoms with E-state index in [1.54, 1.807) is 0 Å². The van der Waals surface area contributed by atoms with Gasteiger partial charge in [-0.25, -0.2) is 9.97 Å². The van der Waals surface area contributed by atoms with Gasteiger partial charge in [-0.2, -0.15) is 0 Å². The second-order valence-electron chi connectivity index (χ2n) is 6.18. The summed E-state index contributed by atoms with van der Waals surface area (Å²) in [7, 11) is 0. The molecule has 2 aromatic rings. The molecule has 3 heterocycles. The lowest BCUT2D eigenvalue weighted by molar-refractivity contribution is -0.136. The van der Waals surface area contributed by atoms with E-state index in [1.807, 2.05) is 29.2 Å². The fraction of sp³-hybridized carbons (Fsp3) is 0.412. The molecule has 4 rings (SSSR count). The van der Waals surface area contributed by atoms with Gasteiger partial charge in [0.1, 0.15) is 6.33 Å². The molecule has 2 amide bonds. The van der Waals surface area contributed by atoms with Crippen molar-refractivity contribution in [2.45, 2.75) is 31.3 Å². The van der Waals surface area contributed by atoms with Gasteiger partial charge in [0.2, 0.25) is 11.8 Å². The van der Waals surface area contributed by atoms with Gasteiger partial charge in [0.15, 0.2) is 6.61 Å². The van der Waals surface area contributed by atoms with Crippen molar-refractivity contribution in [3.05, 3.63) is 30.6 Å². The van der Waals surface area contributed by atoms with Crippen LogP contribution in [-0.4, -0.2) is 51.9 Å². The molecule has 0 saturated carbocycles. The second kappa shape index (κ2) is 6.07. The molecular formula is C17H18N4O3. The molecule has 0 aliphatic carbocycles. The quantitative estimate of drug-likeness (QED) is 0.905. The van der Waals surface area contributed by atoms with Gasteiger partial charge in [-0.1, -0.05) is 12.1 Å². The third kappa shape index (κ3) is 2.66. The van der Waals surface area contributed by atoms with Gasteiger partial charge < -0.3 is 15.0 Å². The number of para-hydroxylation sites is 1. The van der Waals surface area contributed by atoms with Crippen LogP contribution in [0.2, 0.25) is 0 Å². The maximum Gasteiger partial charge on any atom is 0.261 e. The van der Waals surface area contributed by atoms with Gasteiger partial charge in [0, 0.05) is 25.0 Å². The third-order valence-electron chi connectivity index (χ3n) is 4.70. The number of nitrogens with zero attached hydrogens (tertiary/aromatic N) is 3. The molecule has 1 aromatic carbocycles. The summed E-state index contributed by atoms with van der Waals surface area (Å²) in [5.41, 5.74) is 0.777. The third-order valence-corrected chi connectivity index (χ3v) is 4.70. The molecule has 2 fully saturated rings. The fourth-order valence-electron chi connectivity index (χ4n) is 3.59. The first kappa shape index (κ1) is 14.9. The van der Waals surface area contributed by atoms with E-state index in [1.165, 1.54) is 6.33 Å². The van der Waals surface area contributed by atoms with Crippen LogP contribution in [0, 0.1) is 0 Å². The molecule has 0 spiro atoms. The molecule has 1 aromatic heterocycles. The van der Waals surface area contributed by atoms with Crippen molar-refractivity contribution in [2.24, 2.45) is 0 Å². The number of ether oxygens (including phenoxy) is 1. The average molecular weight is 326 g/mol. The van der Waals surface area contributed by atoms with E-state index in [2.05, 4.69) is 15.3 Å². The van der Waals surface area contributed by atoms with Crippen LogP contribution < -0.4 is 10.1 Å². The first-order valence-electron chi connectivity index (χ1n) is 8.13. The minimum Gasteiger partial charge on any atom is -0.467 e. The summed E-state index contributed by atoms with van der Waals surface area (Å²) in [5.74, 6) is 0.328. The van der Waals surface area contributed by atoms with E-state index in [-0.39, 0.29) is 30.5 Å². The Balaban J connectivity index is 1.49. The van der Waals surface area contributed by atoms with Crippen LogP contribution in [0.15, 0.2) is 30.6 Å². The summed E-state index contributed by atoms with van der Waals surface area (Å²) >= 11 is 0. The number of rotatable bonds is 3. The van der Waals surface area contributed by atoms with Crippen molar-refractivity contribution >= 4 is 22.7 Å². The van der Waals surface area contributed by atoms with Gasteiger partial charge in [-0.15, -0.1) is 0 Å². The van der Waals surface area contributed by atoms with Crippen LogP contribution in [0.5, 0.6) is 5.88 Å². The fourth-order valence-corrected chi connectivity index (χ4v) is 3.59. The highest BCUT2D eigenvalue weighted by Gasteiger charge is 2.40. The predicted molar refractivity (Wildman–Crippen MR) is 86.3 cm³/mol. The summed E-state index contributed by atoms with van der Waals surface area (Å²) in [6.45, 7) is 0.444. The maximum atomic E-state index is 12.6. The molecule has 7 nitrogen and oxygen atoms in total. The Kier molecular flexibility index (Phi) is 3.76. The number of hydrogen-bond acceptors (Lipinski definition) is 5. The zero-order valence-electron chi connectivity index (χ0n) is 13.1. The molecule has 2 aliphatic heterocycles. The number of amides is 2. The van der Waals surface area contributed by atoms with Crippen molar-refractivity contribution in [1.82, 2.24) is 20.2 Å². The predicted octanol–water partition coefficient (Wildman–Crippen LogP) is 0.888. The molecule has 2 saturated heterocycles. The Bertz CT molecular complexity index is 789. The Morgan fingerprint density at radius 1 is 1.25 bits per heavy atom. The number of nitrogens with one attached hydrogen (secondary N) is 1. The number of benzene rings is 1. The summed E-state index contributed by atoms with van der Waals surface area (Å²) in [5, 5.41) is 3.65. The molecule has 2 atom stereocenters. The molecule has 0 radical (unpaired) electrons. The van der Waals surface area contributed by atoms with Crippen molar-refractivity contribution in [2.75, 3.05) is 13.2 Å². The van der Waals surface area contributed by atoms with E-state index in [0.29, 0.717) is 18.8 Å². The van der Waals surface area contributed by atoms with Crippen LogP contribution in [0.1, 0.15) is 19.3 Å². The largest absolute Gasteiger partial charge is 0.467 e. The minimum atomic E-state index is -0.0957. The van der Waals surface area contributed by atoms with Crippen molar-refractivity contribution in [1.29, 1.82) is 0 Å². The molecule has 24 heavy (non-hydrogen) atoms. The molecule has 1 N–H and O–H groups in total. The summed E-state index contributed by atoms with van der Waals surface area (Å²) in [6.07, 6.45) is 3.60. The summed E-state index contributed by atoms with van der Waals surface area (Å²) < 4.78 is 5.68. The highest BCUT2D eigenvalue weighted by Crippen LogP contribution is 2.28. The van der Waals surface area contributed by atoms with Crippen LogP contribution in [0.3, 0.4) is 0 Å². The van der Waals surface area contributed by atoms with E-state index >= 15 is 0 Å². The standard InChI is InChI=1S/C17H18N4O3/c22-15-7-11-5-6-12(8-18-15)21(11)16(23)9-24-17-13-3-1-2-4-14(13)19-10-20-17/h1-4,10-12H,5-9H2,(H,18,22)/t11-,12+/m0/s1. The Morgan fingerprint density at radius 3 is 3.00 bits per heavy atom. The molecular weight excluding hydrogens is 308 g/mol. The molecule has 7 heteroatoms. The van der Waals surface area contributed by atoms with Crippen molar-refractivity contribution < 1.29 is 14.3 Å². The number of fused-ring (bicyclic) bond motifs is 3. The SMILES string of the molecule is O=C1C[C@@H]2CC[C@H](CN1)N2C(=O)COc1ncnc2ccccc12. The maximum absolute atomic E-state index is 12.6. The molecule has 0 unspecified atom stereocenters. The lowest BCUT2D eigenvalue weighted by Gasteiger charge is -2.27. The van der Waals surface area contributed by atoms with E-state index < -0.39 is 0 Å². The van der Waals surface area contributed by atoms with Crippen molar-refractivity contribution in [3.8, 4) is 5.88 Å². The molecule has 2 bridgehead atoms. The van der Waals surface area contributed by atoms with Crippen LogP contribution in [0.4, 0.5) is 0 Å². The average Bonchev–Trinajstić information content (AvgIpc) is 2.91. The van der Waals surface area contributed by atoms with Gasteiger partial charge >= 0.3 is 0 Å². The first-order valence-corrected chi connectivity index (χ1v) is 8.13. The lowest BCUT2D eigenvalue weighted by atomic mass is 10.1. The smallest absolute Gasteiger partial charge is 0.261 e. The van der Waals surface area contributed by atoms with Gasteiger partial charge in [-0.05, 0) is 25.0 Å². The van der Waals surface area contributed by atoms with Gasteiger partial charge in [0.25, 0.3) is 5.91 Å². The normalized spacial score (nSPS) is 23.0. The summed E-state index contributed by atoms with van der Waals surface area (Å²) in [4.78, 5) is 34.5. The molecule has 2 aliphatic rings. The van der Waals surface area contributed by atoms with Gasteiger partial charge in [-0.3, -0.25) is 9.59 Å². The first-order chi connectivity index (χ1) is 11.7. The lowest BCUT2D eigenvalue weighted by Crippen LogP contribution is -2.44. The number of carbonyl (C=O) groups excluding carboxylic acids is 2. The van der Waals surface area contributed by atoms with Crippen LogP contribution >= 0.6 is 0 Å². The topological polar surface area (TPSA) is 84.4 Å².